The average molecular weight is 458 g/mol. The highest BCUT2D eigenvalue weighted by molar-refractivity contribution is 6.00. The van der Waals surface area contributed by atoms with E-state index in [1.807, 2.05) is 0 Å². The number of amides is 2. The third-order valence-electron chi connectivity index (χ3n) is 3.51. The van der Waals surface area contributed by atoms with Crippen LogP contribution in [0.4, 0.5) is 0 Å². The minimum Gasteiger partial charge on any atom is -0.466 e. The SMILES string of the molecule is CCOC(=O)C[C@H](NC(=O)/C=C/C(=O)N[C@@H](CC(=O)OCC)C(=O)OCC)C(=O)OCC. The number of esters is 4. The second kappa shape index (κ2) is 16.3. The van der Waals surface area contributed by atoms with E-state index >= 15 is 0 Å². The first-order chi connectivity index (χ1) is 15.2. The largest absolute Gasteiger partial charge is 0.466 e. The van der Waals surface area contributed by atoms with Crippen LogP contribution in [0.5, 0.6) is 0 Å². The van der Waals surface area contributed by atoms with E-state index in [1.165, 1.54) is 0 Å². The summed E-state index contributed by atoms with van der Waals surface area (Å²) >= 11 is 0. The fourth-order valence-electron chi connectivity index (χ4n) is 2.24. The molecule has 0 aromatic carbocycles. The minimum absolute atomic E-state index is 0.0298. The van der Waals surface area contributed by atoms with Crippen LogP contribution in [0.25, 0.3) is 0 Å². The molecule has 0 aromatic heterocycles. The maximum Gasteiger partial charge on any atom is 0.329 e. The standard InChI is InChI=1S/C20H30N2O10/c1-5-29-17(25)11-13(19(27)31-7-3)21-15(23)9-10-16(24)22-14(20(28)32-8-4)12-18(26)30-6-2/h9-10,13-14H,5-8,11-12H2,1-4H3,(H,21,23)(H,22,24)/b10-9+/t13-,14-/m0/s1. The third-order valence-corrected chi connectivity index (χ3v) is 3.51. The lowest BCUT2D eigenvalue weighted by Gasteiger charge is -2.16. The van der Waals surface area contributed by atoms with Crippen molar-refractivity contribution < 1.29 is 47.7 Å². The van der Waals surface area contributed by atoms with E-state index in [9.17, 15) is 28.8 Å². The summed E-state index contributed by atoms with van der Waals surface area (Å²) in [6.45, 7) is 6.53. The van der Waals surface area contributed by atoms with Gasteiger partial charge in [0.05, 0.1) is 39.3 Å². The number of hydrogen-bond donors (Lipinski definition) is 2. The van der Waals surface area contributed by atoms with Crippen molar-refractivity contribution in [2.24, 2.45) is 0 Å². The Kier molecular flexibility index (Phi) is 14.5. The van der Waals surface area contributed by atoms with Crippen molar-refractivity contribution in [3.63, 3.8) is 0 Å². The minimum atomic E-state index is -1.31. The van der Waals surface area contributed by atoms with Crippen molar-refractivity contribution in [1.82, 2.24) is 10.6 Å². The van der Waals surface area contributed by atoms with Crippen LogP contribution in [0.2, 0.25) is 0 Å². The van der Waals surface area contributed by atoms with Gasteiger partial charge in [-0.25, -0.2) is 9.59 Å². The first kappa shape index (κ1) is 28.6. The molecule has 2 N–H and O–H groups in total. The molecule has 32 heavy (non-hydrogen) atoms. The van der Waals surface area contributed by atoms with Gasteiger partial charge in [-0.05, 0) is 27.7 Å². The van der Waals surface area contributed by atoms with Crippen LogP contribution in [0.1, 0.15) is 40.5 Å². The highest BCUT2D eigenvalue weighted by Crippen LogP contribution is 2.01. The zero-order chi connectivity index (χ0) is 24.5. The molecule has 0 aliphatic carbocycles. The second-order valence-electron chi connectivity index (χ2n) is 5.98. The summed E-state index contributed by atoms with van der Waals surface area (Å²) in [6, 6.07) is -2.63. The Morgan fingerprint density at radius 3 is 1.19 bits per heavy atom. The lowest BCUT2D eigenvalue weighted by molar-refractivity contribution is -0.153. The monoisotopic (exact) mass is 458 g/mol. The summed E-state index contributed by atoms with van der Waals surface area (Å²) in [7, 11) is 0. The molecule has 0 heterocycles. The highest BCUT2D eigenvalue weighted by Gasteiger charge is 2.26. The molecule has 0 unspecified atom stereocenters. The Bertz CT molecular complexity index is 646. The first-order valence-corrected chi connectivity index (χ1v) is 10.1. The van der Waals surface area contributed by atoms with Crippen molar-refractivity contribution in [3.05, 3.63) is 12.2 Å². The van der Waals surface area contributed by atoms with E-state index < -0.39 is 60.6 Å². The molecule has 0 spiro atoms. The smallest absolute Gasteiger partial charge is 0.329 e. The molecule has 0 aromatic rings. The van der Waals surface area contributed by atoms with E-state index in [0.29, 0.717) is 0 Å². The van der Waals surface area contributed by atoms with Crippen LogP contribution in [0.3, 0.4) is 0 Å². The van der Waals surface area contributed by atoms with E-state index in [1.54, 1.807) is 27.7 Å². The molecule has 0 radical (unpaired) electrons. The number of nitrogens with one attached hydrogen (secondary N) is 2. The quantitative estimate of drug-likeness (QED) is 0.198. The fraction of sp³-hybridized carbons (Fsp3) is 0.600. The van der Waals surface area contributed by atoms with Gasteiger partial charge in [0, 0.05) is 12.2 Å². The van der Waals surface area contributed by atoms with Gasteiger partial charge in [-0.1, -0.05) is 0 Å². The van der Waals surface area contributed by atoms with Crippen LogP contribution >= 0.6 is 0 Å². The summed E-state index contributed by atoms with van der Waals surface area (Å²) in [6.07, 6.45) is 0.671. The molecule has 2 atom stereocenters. The van der Waals surface area contributed by atoms with Gasteiger partial charge in [0.15, 0.2) is 0 Å². The molecule has 0 bridgehead atoms. The normalized spacial score (nSPS) is 12.2. The van der Waals surface area contributed by atoms with Gasteiger partial charge < -0.3 is 29.6 Å². The van der Waals surface area contributed by atoms with Crippen LogP contribution in [0, 0.1) is 0 Å². The summed E-state index contributed by atoms with van der Waals surface area (Å²) in [4.78, 5) is 71.4. The summed E-state index contributed by atoms with van der Waals surface area (Å²) < 4.78 is 19.1. The Balaban J connectivity index is 5.07. The number of rotatable bonds is 14. The zero-order valence-corrected chi connectivity index (χ0v) is 18.6. The molecule has 2 amide bonds. The predicted molar refractivity (Wildman–Crippen MR) is 109 cm³/mol. The Labute approximate surface area is 186 Å². The number of carbonyl (C=O) groups excluding carboxylic acids is 6. The van der Waals surface area contributed by atoms with Crippen molar-refractivity contribution in [2.75, 3.05) is 26.4 Å². The van der Waals surface area contributed by atoms with Crippen LogP contribution in [-0.2, 0) is 47.7 Å². The first-order valence-electron chi connectivity index (χ1n) is 10.1. The number of carbonyl (C=O) groups is 6. The Morgan fingerprint density at radius 1 is 0.594 bits per heavy atom. The second-order valence-corrected chi connectivity index (χ2v) is 5.98. The summed E-state index contributed by atoms with van der Waals surface area (Å²) in [5.74, 6) is -4.87. The topological polar surface area (TPSA) is 163 Å². The maximum absolute atomic E-state index is 12.1. The molecule has 0 rings (SSSR count). The molecule has 0 aliphatic rings. The Morgan fingerprint density at radius 2 is 0.906 bits per heavy atom. The van der Waals surface area contributed by atoms with Gasteiger partial charge in [0.1, 0.15) is 12.1 Å². The summed E-state index contributed by atoms with van der Waals surface area (Å²) in [5, 5.41) is 4.49. The van der Waals surface area contributed by atoms with E-state index in [2.05, 4.69) is 10.6 Å². The molecular formula is C20H30N2O10. The van der Waals surface area contributed by atoms with Gasteiger partial charge in [-0.15, -0.1) is 0 Å². The lowest BCUT2D eigenvalue weighted by Crippen LogP contribution is -2.44. The number of ether oxygens (including phenoxy) is 4. The van der Waals surface area contributed by atoms with Crippen molar-refractivity contribution in [3.8, 4) is 0 Å². The molecule has 180 valence electrons. The molecule has 0 fully saturated rings. The Hall–Kier alpha value is -3.44. The van der Waals surface area contributed by atoms with Crippen LogP contribution in [-0.4, -0.2) is 74.2 Å². The van der Waals surface area contributed by atoms with Gasteiger partial charge in [-0.3, -0.25) is 19.2 Å². The fourth-order valence-corrected chi connectivity index (χ4v) is 2.24. The highest BCUT2D eigenvalue weighted by atomic mass is 16.5. The van der Waals surface area contributed by atoms with Gasteiger partial charge in [0.25, 0.3) is 0 Å². The molecule has 12 heteroatoms. The average Bonchev–Trinajstić information content (AvgIpc) is 2.72. The van der Waals surface area contributed by atoms with Gasteiger partial charge >= 0.3 is 23.9 Å². The van der Waals surface area contributed by atoms with Crippen molar-refractivity contribution in [1.29, 1.82) is 0 Å². The van der Waals surface area contributed by atoms with Crippen LogP contribution in [0.15, 0.2) is 12.2 Å². The van der Waals surface area contributed by atoms with E-state index in [4.69, 9.17) is 18.9 Å². The molecule has 0 saturated heterocycles. The molecular weight excluding hydrogens is 428 g/mol. The van der Waals surface area contributed by atoms with Crippen LogP contribution < -0.4 is 10.6 Å². The third kappa shape index (κ3) is 12.3. The molecule has 0 aliphatic heterocycles. The molecule has 12 nitrogen and oxygen atoms in total. The van der Waals surface area contributed by atoms with Gasteiger partial charge in [-0.2, -0.15) is 0 Å². The predicted octanol–water partition coefficient (Wildman–Crippen LogP) is -0.455. The van der Waals surface area contributed by atoms with E-state index in [0.717, 1.165) is 12.2 Å². The number of hydrogen-bond acceptors (Lipinski definition) is 10. The maximum atomic E-state index is 12.1. The molecule has 0 saturated carbocycles. The zero-order valence-electron chi connectivity index (χ0n) is 18.6. The van der Waals surface area contributed by atoms with Crippen molar-refractivity contribution >= 4 is 35.7 Å². The van der Waals surface area contributed by atoms with E-state index in [-0.39, 0.29) is 26.4 Å². The lowest BCUT2D eigenvalue weighted by atomic mass is 10.2. The van der Waals surface area contributed by atoms with Crippen molar-refractivity contribution in [2.45, 2.75) is 52.6 Å². The van der Waals surface area contributed by atoms with Gasteiger partial charge in [0.2, 0.25) is 11.8 Å². The summed E-state index contributed by atoms with van der Waals surface area (Å²) in [5.41, 5.74) is 0.